The van der Waals surface area contributed by atoms with Crippen LogP contribution in [0.1, 0.15) is 30.5 Å². The van der Waals surface area contributed by atoms with Gasteiger partial charge in [0.15, 0.2) is 0 Å². The topological polar surface area (TPSA) is 78.4 Å². The van der Waals surface area contributed by atoms with Gasteiger partial charge in [-0.2, -0.15) is 0 Å². The molecule has 2 amide bonds. The zero-order chi connectivity index (χ0) is 15.3. The Hall–Kier alpha value is -1.56. The zero-order valence-electron chi connectivity index (χ0n) is 12.3. The van der Waals surface area contributed by atoms with Gasteiger partial charge in [-0.1, -0.05) is 0 Å². The second-order valence-corrected chi connectivity index (χ2v) is 6.52. The maximum absolute atomic E-state index is 11.8. The molecule has 3 N–H and O–H groups in total. The molecule has 0 aliphatic heterocycles. The molecule has 0 spiro atoms. The van der Waals surface area contributed by atoms with Crippen LogP contribution in [-0.4, -0.2) is 29.2 Å². The van der Waals surface area contributed by atoms with Crippen LogP contribution < -0.4 is 10.6 Å². The number of thiophene rings is 1. The lowest BCUT2D eigenvalue weighted by atomic mass is 10.0. The Morgan fingerprint density at radius 3 is 2.40 bits per heavy atom. The van der Waals surface area contributed by atoms with Crippen LogP contribution in [0.25, 0.3) is 0 Å². The molecule has 5 nitrogen and oxygen atoms in total. The molecule has 0 aliphatic carbocycles. The quantitative estimate of drug-likeness (QED) is 0.754. The third kappa shape index (κ3) is 5.21. The van der Waals surface area contributed by atoms with E-state index < -0.39 is 17.9 Å². The summed E-state index contributed by atoms with van der Waals surface area (Å²) in [6, 6.07) is 3.38. The minimum Gasteiger partial charge on any atom is -0.481 e. The molecule has 20 heavy (non-hydrogen) atoms. The van der Waals surface area contributed by atoms with Gasteiger partial charge < -0.3 is 15.7 Å². The first-order valence-corrected chi connectivity index (χ1v) is 7.46. The highest BCUT2D eigenvalue weighted by molar-refractivity contribution is 7.11. The molecular formula is C14H22N2O3S. The Labute approximate surface area is 123 Å². The molecule has 1 aromatic heterocycles. The SMILES string of the molecule is Cc1ccc(CC(C)NC(=O)NC(C)C(C)C(=O)O)s1. The maximum atomic E-state index is 11.8. The third-order valence-electron chi connectivity index (χ3n) is 3.18. The standard InChI is InChI=1S/C14H22N2O3S/c1-8(7-12-6-5-9(2)20-12)15-14(19)16-11(4)10(3)13(17)18/h5-6,8,10-11H,7H2,1-4H3,(H,17,18)(H2,15,16,19). The minimum atomic E-state index is -0.917. The smallest absolute Gasteiger partial charge is 0.315 e. The molecule has 0 bridgehead atoms. The van der Waals surface area contributed by atoms with Crippen LogP contribution in [0, 0.1) is 12.8 Å². The molecule has 3 unspecified atom stereocenters. The summed E-state index contributed by atoms with van der Waals surface area (Å²) in [5.74, 6) is -1.53. The van der Waals surface area contributed by atoms with Crippen LogP contribution in [-0.2, 0) is 11.2 Å². The molecule has 1 heterocycles. The average Bonchev–Trinajstić information content (AvgIpc) is 2.72. The van der Waals surface area contributed by atoms with Gasteiger partial charge in [-0.05, 0) is 39.8 Å². The molecule has 0 aromatic carbocycles. The Balaban J connectivity index is 2.40. The summed E-state index contributed by atoms with van der Waals surface area (Å²) in [4.78, 5) is 25.1. The first-order valence-electron chi connectivity index (χ1n) is 6.64. The van der Waals surface area contributed by atoms with Gasteiger partial charge in [0, 0.05) is 28.3 Å². The average molecular weight is 298 g/mol. The van der Waals surface area contributed by atoms with E-state index >= 15 is 0 Å². The molecule has 1 aromatic rings. The lowest BCUT2D eigenvalue weighted by Gasteiger charge is -2.20. The van der Waals surface area contributed by atoms with E-state index in [9.17, 15) is 9.59 Å². The fourth-order valence-corrected chi connectivity index (χ4v) is 2.78. The number of carbonyl (C=O) groups excluding carboxylic acids is 1. The lowest BCUT2D eigenvalue weighted by Crippen LogP contribution is -2.48. The predicted octanol–water partition coefficient (Wildman–Crippen LogP) is 2.40. The van der Waals surface area contributed by atoms with E-state index in [0.717, 1.165) is 6.42 Å². The van der Waals surface area contributed by atoms with Crippen molar-refractivity contribution < 1.29 is 14.7 Å². The second-order valence-electron chi connectivity index (χ2n) is 5.15. The van der Waals surface area contributed by atoms with Gasteiger partial charge in [-0.25, -0.2) is 4.79 Å². The lowest BCUT2D eigenvalue weighted by molar-refractivity contribution is -0.141. The molecule has 3 atom stereocenters. The van der Waals surface area contributed by atoms with Gasteiger partial charge in [0.05, 0.1) is 5.92 Å². The van der Waals surface area contributed by atoms with E-state index in [2.05, 4.69) is 22.8 Å². The molecule has 112 valence electrons. The fraction of sp³-hybridized carbons (Fsp3) is 0.571. The highest BCUT2D eigenvalue weighted by Crippen LogP contribution is 2.16. The van der Waals surface area contributed by atoms with Crippen LogP contribution >= 0.6 is 11.3 Å². The van der Waals surface area contributed by atoms with E-state index in [0.29, 0.717) is 0 Å². The molecule has 0 saturated carbocycles. The molecule has 0 saturated heterocycles. The van der Waals surface area contributed by atoms with Gasteiger partial charge in [-0.15, -0.1) is 11.3 Å². The number of carboxylic acids is 1. The van der Waals surface area contributed by atoms with Crippen molar-refractivity contribution in [3.63, 3.8) is 0 Å². The highest BCUT2D eigenvalue weighted by Gasteiger charge is 2.21. The number of aliphatic carboxylic acids is 1. The van der Waals surface area contributed by atoms with Crippen molar-refractivity contribution in [1.29, 1.82) is 0 Å². The Bertz CT molecular complexity index is 473. The number of carboxylic acid groups (broad SMARTS) is 1. The molecule has 0 radical (unpaired) electrons. The fourth-order valence-electron chi connectivity index (χ4n) is 1.76. The largest absolute Gasteiger partial charge is 0.481 e. The number of aryl methyl sites for hydroxylation is 1. The summed E-state index contributed by atoms with van der Waals surface area (Å²) >= 11 is 1.72. The van der Waals surface area contributed by atoms with E-state index in [1.807, 2.05) is 13.8 Å². The van der Waals surface area contributed by atoms with Crippen molar-refractivity contribution in [1.82, 2.24) is 10.6 Å². The van der Waals surface area contributed by atoms with Gasteiger partial charge in [0.25, 0.3) is 0 Å². The number of carbonyl (C=O) groups is 2. The number of nitrogens with one attached hydrogen (secondary N) is 2. The zero-order valence-corrected chi connectivity index (χ0v) is 13.1. The van der Waals surface area contributed by atoms with Crippen LogP contribution in [0.5, 0.6) is 0 Å². The Morgan fingerprint density at radius 1 is 1.25 bits per heavy atom. The van der Waals surface area contributed by atoms with Crippen molar-refractivity contribution in [2.45, 2.75) is 46.2 Å². The summed E-state index contributed by atoms with van der Waals surface area (Å²) in [7, 11) is 0. The molecule has 0 aliphatic rings. The Kier molecular flexibility index (Phi) is 6.01. The summed E-state index contributed by atoms with van der Waals surface area (Å²) in [5, 5.41) is 14.4. The van der Waals surface area contributed by atoms with Gasteiger partial charge >= 0.3 is 12.0 Å². The third-order valence-corrected chi connectivity index (χ3v) is 4.20. The van der Waals surface area contributed by atoms with Crippen molar-refractivity contribution >= 4 is 23.3 Å². The summed E-state index contributed by atoms with van der Waals surface area (Å²) in [6.07, 6.45) is 0.773. The summed E-state index contributed by atoms with van der Waals surface area (Å²) < 4.78 is 0. The molecule has 0 fully saturated rings. The van der Waals surface area contributed by atoms with Crippen molar-refractivity contribution in [2.24, 2.45) is 5.92 Å². The molecule has 6 heteroatoms. The van der Waals surface area contributed by atoms with Crippen LogP contribution in [0.3, 0.4) is 0 Å². The summed E-state index contributed by atoms with van der Waals surface area (Å²) in [5.41, 5.74) is 0. The van der Waals surface area contributed by atoms with E-state index in [-0.39, 0.29) is 12.1 Å². The minimum absolute atomic E-state index is 0.000356. The van der Waals surface area contributed by atoms with Crippen LogP contribution in [0.15, 0.2) is 12.1 Å². The summed E-state index contributed by atoms with van der Waals surface area (Å²) in [6.45, 7) is 7.24. The molecule has 1 rings (SSSR count). The predicted molar refractivity (Wildman–Crippen MR) is 80.2 cm³/mol. The number of hydrogen-bond acceptors (Lipinski definition) is 3. The number of urea groups is 1. The van der Waals surface area contributed by atoms with Gasteiger partial charge in [0.2, 0.25) is 0 Å². The Morgan fingerprint density at radius 2 is 1.90 bits per heavy atom. The van der Waals surface area contributed by atoms with Gasteiger partial charge in [0.1, 0.15) is 0 Å². The first kappa shape index (κ1) is 16.5. The van der Waals surface area contributed by atoms with Crippen molar-refractivity contribution in [3.05, 3.63) is 21.9 Å². The van der Waals surface area contributed by atoms with E-state index in [1.165, 1.54) is 9.75 Å². The highest BCUT2D eigenvalue weighted by atomic mass is 32.1. The normalized spacial score (nSPS) is 15.2. The van der Waals surface area contributed by atoms with E-state index in [4.69, 9.17) is 5.11 Å². The maximum Gasteiger partial charge on any atom is 0.315 e. The monoisotopic (exact) mass is 298 g/mol. The van der Waals surface area contributed by atoms with Gasteiger partial charge in [-0.3, -0.25) is 4.79 Å². The first-order chi connectivity index (χ1) is 9.29. The number of rotatable bonds is 6. The second kappa shape index (κ2) is 7.28. The molecular weight excluding hydrogens is 276 g/mol. The number of hydrogen-bond donors (Lipinski definition) is 3. The van der Waals surface area contributed by atoms with Crippen molar-refractivity contribution in [2.75, 3.05) is 0 Å². The van der Waals surface area contributed by atoms with Crippen LogP contribution in [0.4, 0.5) is 4.79 Å². The van der Waals surface area contributed by atoms with E-state index in [1.54, 1.807) is 25.2 Å². The van der Waals surface area contributed by atoms with Crippen LogP contribution in [0.2, 0.25) is 0 Å². The number of amides is 2. The van der Waals surface area contributed by atoms with Crippen molar-refractivity contribution in [3.8, 4) is 0 Å².